The van der Waals surface area contributed by atoms with Gasteiger partial charge in [0.1, 0.15) is 5.69 Å². The minimum absolute atomic E-state index is 0.00183. The summed E-state index contributed by atoms with van der Waals surface area (Å²) >= 11 is 1.57. The van der Waals surface area contributed by atoms with Crippen LogP contribution in [-0.2, 0) is 0 Å². The molecule has 1 saturated heterocycles. The van der Waals surface area contributed by atoms with Crippen molar-refractivity contribution in [1.29, 1.82) is 10.7 Å². The Morgan fingerprint density at radius 1 is 1.38 bits per heavy atom. The van der Waals surface area contributed by atoms with Gasteiger partial charge in [0.05, 0.1) is 17.0 Å². The standard InChI is InChI=1S/C25H25N5OS/c1-17-6-8-29-23(10-17)24(31)25-13-19(15-27)22(28-2)12-20(25)7-9-30(16-25)32-21-5-3-4-18(11-21)14-26/h3-6,8,10-12,15,27-28H,7,9,13,16H2,1-2H3. The molecule has 0 bridgehead atoms. The summed E-state index contributed by atoms with van der Waals surface area (Å²) in [4.78, 5) is 19.3. The quantitative estimate of drug-likeness (QED) is 0.393. The molecule has 0 amide bonds. The van der Waals surface area contributed by atoms with E-state index in [0.29, 0.717) is 24.2 Å². The zero-order valence-electron chi connectivity index (χ0n) is 18.2. The Balaban J connectivity index is 1.72. The van der Waals surface area contributed by atoms with Crippen molar-refractivity contribution in [1.82, 2.24) is 14.6 Å². The molecule has 1 aromatic heterocycles. The number of allylic oxidation sites excluding steroid dienone is 2. The van der Waals surface area contributed by atoms with E-state index in [1.807, 2.05) is 44.3 Å². The minimum Gasteiger partial charge on any atom is -0.388 e. The number of hydrogen-bond acceptors (Lipinski definition) is 7. The van der Waals surface area contributed by atoms with Crippen molar-refractivity contribution in [2.45, 2.75) is 24.7 Å². The highest BCUT2D eigenvalue weighted by molar-refractivity contribution is 7.97. The van der Waals surface area contributed by atoms with Crippen molar-refractivity contribution in [2.75, 3.05) is 20.1 Å². The third kappa shape index (κ3) is 4.12. The lowest BCUT2D eigenvalue weighted by atomic mass is 9.65. The first-order chi connectivity index (χ1) is 15.5. The maximum absolute atomic E-state index is 14.0. The van der Waals surface area contributed by atoms with Gasteiger partial charge in [0.15, 0.2) is 5.78 Å². The number of aromatic nitrogens is 1. The van der Waals surface area contributed by atoms with Gasteiger partial charge >= 0.3 is 0 Å². The molecule has 2 aliphatic rings. The molecule has 0 saturated carbocycles. The van der Waals surface area contributed by atoms with E-state index in [-0.39, 0.29) is 5.78 Å². The first kappa shape index (κ1) is 22.0. The first-order valence-corrected chi connectivity index (χ1v) is 11.3. The first-order valence-electron chi connectivity index (χ1n) is 10.5. The maximum Gasteiger partial charge on any atom is 0.193 e. The van der Waals surface area contributed by atoms with Crippen LogP contribution in [0.25, 0.3) is 0 Å². The molecule has 0 radical (unpaired) electrons. The number of rotatable bonds is 6. The Morgan fingerprint density at radius 3 is 2.94 bits per heavy atom. The number of hydrogen-bond donors (Lipinski definition) is 2. The van der Waals surface area contributed by atoms with Gasteiger partial charge in [-0.3, -0.25) is 9.78 Å². The van der Waals surface area contributed by atoms with Crippen LogP contribution in [0.4, 0.5) is 0 Å². The number of nitrogens with zero attached hydrogens (tertiary/aromatic N) is 3. The number of benzene rings is 1. The van der Waals surface area contributed by atoms with Crippen molar-refractivity contribution >= 4 is 23.9 Å². The van der Waals surface area contributed by atoms with Crippen LogP contribution >= 0.6 is 11.9 Å². The predicted octanol–water partition coefficient (Wildman–Crippen LogP) is 4.30. The van der Waals surface area contributed by atoms with Crippen molar-refractivity contribution in [3.8, 4) is 6.07 Å². The Bertz CT molecular complexity index is 1180. The molecule has 32 heavy (non-hydrogen) atoms. The molecule has 2 N–H and O–H groups in total. The number of carbonyl (C=O) groups is 1. The number of ketones is 1. The van der Waals surface area contributed by atoms with E-state index in [1.165, 1.54) is 6.21 Å². The average molecular weight is 444 g/mol. The maximum atomic E-state index is 14.0. The van der Waals surface area contributed by atoms with Crippen LogP contribution in [0.1, 0.15) is 34.5 Å². The van der Waals surface area contributed by atoms with E-state index in [1.54, 1.807) is 24.2 Å². The van der Waals surface area contributed by atoms with Crippen LogP contribution in [0.2, 0.25) is 0 Å². The fraction of sp³-hybridized carbons (Fsp3) is 0.280. The SMILES string of the molecule is CNC1=C(C=N)CC2(C(=O)c3cc(C)ccn3)CN(Sc3cccc(C#N)c3)CCC2=C1. The van der Waals surface area contributed by atoms with Gasteiger partial charge in [-0.1, -0.05) is 11.6 Å². The molecule has 7 heteroatoms. The van der Waals surface area contributed by atoms with Crippen molar-refractivity contribution in [3.63, 3.8) is 0 Å². The largest absolute Gasteiger partial charge is 0.388 e. The molecule has 0 spiro atoms. The molecule has 1 fully saturated rings. The topological polar surface area (TPSA) is 92.9 Å². The van der Waals surface area contributed by atoms with Crippen molar-refractivity contribution in [2.24, 2.45) is 5.41 Å². The van der Waals surface area contributed by atoms with Gasteiger partial charge < -0.3 is 10.7 Å². The molecule has 1 atom stereocenters. The lowest BCUT2D eigenvalue weighted by Gasteiger charge is -2.45. The van der Waals surface area contributed by atoms with Crippen molar-refractivity contribution < 1.29 is 4.79 Å². The van der Waals surface area contributed by atoms with Gasteiger partial charge in [0.25, 0.3) is 0 Å². The van der Waals surface area contributed by atoms with Crippen LogP contribution in [-0.4, -0.2) is 41.4 Å². The number of nitrogens with one attached hydrogen (secondary N) is 2. The average Bonchev–Trinajstić information content (AvgIpc) is 2.82. The fourth-order valence-electron chi connectivity index (χ4n) is 4.45. The van der Waals surface area contributed by atoms with E-state index >= 15 is 0 Å². The highest BCUT2D eigenvalue weighted by atomic mass is 32.2. The van der Waals surface area contributed by atoms with Gasteiger partial charge in [-0.2, -0.15) is 5.26 Å². The second-order valence-corrected chi connectivity index (χ2v) is 9.32. The summed E-state index contributed by atoms with van der Waals surface area (Å²) < 4.78 is 2.20. The van der Waals surface area contributed by atoms with Crippen LogP contribution in [0.3, 0.4) is 0 Å². The number of pyridine rings is 1. The molecule has 6 nitrogen and oxygen atoms in total. The summed E-state index contributed by atoms with van der Waals surface area (Å²) in [6, 6.07) is 13.4. The summed E-state index contributed by atoms with van der Waals surface area (Å²) in [5, 5.41) is 20.4. The molecule has 1 aliphatic carbocycles. The Kier molecular flexibility index (Phi) is 6.26. The molecule has 1 aliphatic heterocycles. The zero-order chi connectivity index (χ0) is 22.7. The monoisotopic (exact) mass is 443 g/mol. The third-order valence-electron chi connectivity index (χ3n) is 6.07. The molecule has 2 aromatic rings. The fourth-order valence-corrected chi connectivity index (χ4v) is 5.53. The molecule has 2 heterocycles. The van der Waals surface area contributed by atoms with Crippen LogP contribution in [0, 0.1) is 29.1 Å². The molecular weight excluding hydrogens is 418 g/mol. The van der Waals surface area contributed by atoms with Gasteiger partial charge in [0.2, 0.25) is 0 Å². The highest BCUT2D eigenvalue weighted by Crippen LogP contribution is 2.48. The normalized spacial score (nSPS) is 20.7. The minimum atomic E-state index is -0.772. The molecule has 1 aromatic carbocycles. The van der Waals surface area contributed by atoms with Gasteiger partial charge in [-0.05, 0) is 79.3 Å². The lowest BCUT2D eigenvalue weighted by molar-refractivity contribution is 0.0775. The van der Waals surface area contributed by atoms with Crippen LogP contribution in [0.15, 0.2) is 70.4 Å². The Labute approximate surface area is 192 Å². The highest BCUT2D eigenvalue weighted by Gasteiger charge is 2.49. The summed E-state index contributed by atoms with van der Waals surface area (Å²) in [6.45, 7) is 3.27. The van der Waals surface area contributed by atoms with E-state index in [2.05, 4.69) is 26.8 Å². The third-order valence-corrected chi connectivity index (χ3v) is 7.11. The van der Waals surface area contributed by atoms with Gasteiger partial charge in [-0.15, -0.1) is 0 Å². The van der Waals surface area contributed by atoms with Gasteiger partial charge in [-0.25, -0.2) is 4.31 Å². The summed E-state index contributed by atoms with van der Waals surface area (Å²) in [6.07, 6.45) is 6.29. The van der Waals surface area contributed by atoms with E-state index < -0.39 is 5.41 Å². The van der Waals surface area contributed by atoms with E-state index in [0.717, 1.165) is 40.3 Å². The second kappa shape index (κ2) is 9.11. The Morgan fingerprint density at radius 2 is 2.22 bits per heavy atom. The van der Waals surface area contributed by atoms with Crippen LogP contribution < -0.4 is 5.32 Å². The number of likely N-dealkylation sites (N-methyl/N-ethyl adjacent to an activating group) is 1. The summed E-state index contributed by atoms with van der Waals surface area (Å²) in [5.74, 6) is -0.00183. The molecular formula is C25H25N5OS. The number of piperidine rings is 1. The van der Waals surface area contributed by atoms with Gasteiger partial charge in [0, 0.05) is 43.1 Å². The van der Waals surface area contributed by atoms with Crippen molar-refractivity contribution in [3.05, 3.63) is 82.3 Å². The number of Topliss-reactive ketones (excluding diaryl/α,β-unsaturated/α-hetero) is 1. The number of nitriles is 1. The summed E-state index contributed by atoms with van der Waals surface area (Å²) in [5.41, 5.74) is 4.11. The molecule has 1 unspecified atom stereocenters. The molecule has 162 valence electrons. The van der Waals surface area contributed by atoms with Crippen LogP contribution in [0.5, 0.6) is 0 Å². The molecule has 4 rings (SSSR count). The second-order valence-electron chi connectivity index (χ2n) is 8.15. The zero-order valence-corrected chi connectivity index (χ0v) is 19.0. The lowest BCUT2D eigenvalue weighted by Crippen LogP contribution is -2.49. The van der Waals surface area contributed by atoms with E-state index in [4.69, 9.17) is 5.41 Å². The number of carbonyl (C=O) groups excluding carboxylic acids is 1. The summed E-state index contributed by atoms with van der Waals surface area (Å²) in [7, 11) is 1.85. The smallest absolute Gasteiger partial charge is 0.193 e. The number of fused-ring (bicyclic) bond motifs is 1. The van der Waals surface area contributed by atoms with E-state index in [9.17, 15) is 10.1 Å². The predicted molar refractivity (Wildman–Crippen MR) is 127 cm³/mol. The Hall–Kier alpha value is -3.21. The number of aryl methyl sites for hydroxylation is 1.